The Balaban J connectivity index is 1.88. The maximum Gasteiger partial charge on any atom is 0.243 e. The zero-order valence-electron chi connectivity index (χ0n) is 11.5. The molecule has 5 heteroatoms. The van der Waals surface area contributed by atoms with Crippen molar-refractivity contribution >= 4 is 10.0 Å². The van der Waals surface area contributed by atoms with Crippen molar-refractivity contribution in [1.29, 1.82) is 0 Å². The lowest BCUT2D eigenvalue weighted by Crippen LogP contribution is -2.35. The minimum Gasteiger partial charge on any atom is -0.365 e. The van der Waals surface area contributed by atoms with Crippen LogP contribution in [-0.4, -0.2) is 24.3 Å². The lowest BCUT2D eigenvalue weighted by molar-refractivity contribution is 0.390. The van der Waals surface area contributed by atoms with Crippen molar-refractivity contribution in [2.75, 3.05) is 6.54 Å². The van der Waals surface area contributed by atoms with Gasteiger partial charge in [0.15, 0.2) is 0 Å². The molecule has 1 aromatic carbocycles. The summed E-state index contributed by atoms with van der Waals surface area (Å²) in [5.74, 6) is 0. The SMILES string of the molecule is CCc1ccc(S(=O)(=O)N2CCc3[nH]ccc3C2)cc1. The first kappa shape index (κ1) is 13.4. The third kappa shape index (κ3) is 2.27. The van der Waals surface area contributed by atoms with Gasteiger partial charge in [-0.3, -0.25) is 0 Å². The molecule has 0 fully saturated rings. The van der Waals surface area contributed by atoms with E-state index >= 15 is 0 Å². The van der Waals surface area contributed by atoms with Crippen LogP contribution in [0.25, 0.3) is 0 Å². The molecule has 1 N–H and O–H groups in total. The monoisotopic (exact) mass is 290 g/mol. The fraction of sp³-hybridized carbons (Fsp3) is 0.333. The van der Waals surface area contributed by atoms with E-state index in [1.807, 2.05) is 24.4 Å². The van der Waals surface area contributed by atoms with Crippen LogP contribution in [0.1, 0.15) is 23.7 Å². The summed E-state index contributed by atoms with van der Waals surface area (Å²) in [5.41, 5.74) is 3.37. The largest absolute Gasteiger partial charge is 0.365 e. The smallest absolute Gasteiger partial charge is 0.243 e. The minimum atomic E-state index is -3.39. The number of hydrogen-bond acceptors (Lipinski definition) is 2. The number of benzene rings is 1. The number of nitrogens with zero attached hydrogens (tertiary/aromatic N) is 1. The predicted molar refractivity (Wildman–Crippen MR) is 77.9 cm³/mol. The number of hydrogen-bond donors (Lipinski definition) is 1. The minimum absolute atomic E-state index is 0.383. The summed E-state index contributed by atoms with van der Waals surface area (Å²) in [4.78, 5) is 3.55. The van der Waals surface area contributed by atoms with Gasteiger partial charge in [-0.1, -0.05) is 19.1 Å². The van der Waals surface area contributed by atoms with Crippen LogP contribution in [0.4, 0.5) is 0 Å². The van der Waals surface area contributed by atoms with Crippen molar-refractivity contribution in [2.24, 2.45) is 0 Å². The van der Waals surface area contributed by atoms with E-state index in [0.717, 1.165) is 29.7 Å². The quantitative estimate of drug-likeness (QED) is 0.943. The Morgan fingerprint density at radius 3 is 2.65 bits per heavy atom. The van der Waals surface area contributed by atoms with E-state index in [2.05, 4.69) is 11.9 Å². The van der Waals surface area contributed by atoms with E-state index in [0.29, 0.717) is 18.0 Å². The molecule has 2 aromatic rings. The molecule has 20 heavy (non-hydrogen) atoms. The fourth-order valence-electron chi connectivity index (χ4n) is 2.57. The summed E-state index contributed by atoms with van der Waals surface area (Å²) < 4.78 is 26.8. The van der Waals surface area contributed by atoms with Gasteiger partial charge in [0.05, 0.1) is 4.90 Å². The van der Waals surface area contributed by atoms with Gasteiger partial charge in [0.2, 0.25) is 10.0 Å². The highest BCUT2D eigenvalue weighted by Crippen LogP contribution is 2.24. The second-order valence-corrected chi connectivity index (χ2v) is 7.01. The van der Waals surface area contributed by atoms with Crippen molar-refractivity contribution in [3.05, 3.63) is 53.3 Å². The highest BCUT2D eigenvalue weighted by atomic mass is 32.2. The molecule has 106 valence electrons. The van der Waals surface area contributed by atoms with E-state index in [4.69, 9.17) is 0 Å². The van der Waals surface area contributed by atoms with E-state index < -0.39 is 10.0 Å². The van der Waals surface area contributed by atoms with Crippen LogP contribution in [0.15, 0.2) is 41.4 Å². The number of fused-ring (bicyclic) bond motifs is 1. The lowest BCUT2D eigenvalue weighted by Gasteiger charge is -2.26. The van der Waals surface area contributed by atoms with Gasteiger partial charge >= 0.3 is 0 Å². The van der Waals surface area contributed by atoms with Crippen molar-refractivity contribution in [3.63, 3.8) is 0 Å². The van der Waals surface area contributed by atoms with E-state index in [-0.39, 0.29) is 0 Å². The first-order valence-corrected chi connectivity index (χ1v) is 8.29. The summed E-state index contributed by atoms with van der Waals surface area (Å²) in [7, 11) is -3.39. The van der Waals surface area contributed by atoms with Crippen LogP contribution < -0.4 is 0 Å². The molecule has 0 unspecified atom stereocenters. The summed E-state index contributed by atoms with van der Waals surface area (Å²) >= 11 is 0. The van der Waals surface area contributed by atoms with Crippen molar-refractivity contribution in [3.8, 4) is 0 Å². The number of rotatable bonds is 3. The molecule has 0 amide bonds. The maximum atomic E-state index is 12.6. The first-order valence-electron chi connectivity index (χ1n) is 6.85. The number of sulfonamides is 1. The Hall–Kier alpha value is -1.59. The fourth-order valence-corrected chi connectivity index (χ4v) is 3.99. The highest BCUT2D eigenvalue weighted by Gasteiger charge is 2.28. The van der Waals surface area contributed by atoms with Crippen LogP contribution in [0.3, 0.4) is 0 Å². The summed E-state index contributed by atoms with van der Waals surface area (Å²) in [6.07, 6.45) is 3.53. The summed E-state index contributed by atoms with van der Waals surface area (Å²) in [5, 5.41) is 0. The molecule has 4 nitrogen and oxygen atoms in total. The normalized spacial score (nSPS) is 16.1. The molecule has 3 rings (SSSR count). The maximum absolute atomic E-state index is 12.6. The topological polar surface area (TPSA) is 53.2 Å². The van der Waals surface area contributed by atoms with Gasteiger partial charge in [-0.25, -0.2) is 8.42 Å². The molecule has 0 saturated carbocycles. The van der Waals surface area contributed by atoms with Crippen LogP contribution in [-0.2, 0) is 29.4 Å². The van der Waals surface area contributed by atoms with Gasteiger partial charge in [0.25, 0.3) is 0 Å². The molecule has 1 aliphatic rings. The Morgan fingerprint density at radius 1 is 1.20 bits per heavy atom. The Morgan fingerprint density at radius 2 is 1.95 bits per heavy atom. The highest BCUT2D eigenvalue weighted by molar-refractivity contribution is 7.89. The molecule has 0 spiro atoms. The number of aryl methyl sites for hydroxylation is 1. The predicted octanol–water partition coefficient (Wildman–Crippen LogP) is 2.32. The Kier molecular flexibility index (Phi) is 3.40. The lowest BCUT2D eigenvalue weighted by atomic mass is 10.1. The van der Waals surface area contributed by atoms with Gasteiger partial charge in [-0.05, 0) is 35.7 Å². The Bertz CT molecular complexity index is 702. The number of aromatic amines is 1. The van der Waals surface area contributed by atoms with Crippen LogP contribution in [0, 0.1) is 0 Å². The molecule has 0 radical (unpaired) electrons. The van der Waals surface area contributed by atoms with Gasteiger partial charge in [-0.15, -0.1) is 0 Å². The van der Waals surface area contributed by atoms with Crippen molar-refractivity contribution < 1.29 is 8.42 Å². The first-order chi connectivity index (χ1) is 9.61. The molecule has 0 saturated heterocycles. The third-order valence-corrected chi connectivity index (χ3v) is 5.72. The molecular formula is C15H18N2O2S. The molecule has 0 aliphatic carbocycles. The van der Waals surface area contributed by atoms with Gasteiger partial charge in [-0.2, -0.15) is 4.31 Å². The summed E-state index contributed by atoms with van der Waals surface area (Å²) in [6.45, 7) is 3.05. The van der Waals surface area contributed by atoms with Crippen LogP contribution in [0.2, 0.25) is 0 Å². The molecule has 1 aromatic heterocycles. The van der Waals surface area contributed by atoms with E-state index in [1.165, 1.54) is 0 Å². The van der Waals surface area contributed by atoms with Crippen molar-refractivity contribution in [1.82, 2.24) is 9.29 Å². The van der Waals surface area contributed by atoms with Crippen LogP contribution in [0.5, 0.6) is 0 Å². The third-order valence-electron chi connectivity index (χ3n) is 3.86. The molecule has 0 atom stereocenters. The van der Waals surface area contributed by atoms with Gasteiger partial charge in [0.1, 0.15) is 0 Å². The van der Waals surface area contributed by atoms with Gasteiger partial charge < -0.3 is 4.98 Å². The van der Waals surface area contributed by atoms with E-state index in [9.17, 15) is 8.42 Å². The zero-order valence-corrected chi connectivity index (χ0v) is 12.3. The molecular weight excluding hydrogens is 272 g/mol. The second-order valence-electron chi connectivity index (χ2n) is 5.07. The standard InChI is InChI=1S/C15H18N2O2S/c1-2-12-3-5-14(6-4-12)20(18,19)17-10-8-15-13(11-17)7-9-16-15/h3-7,9,16H,2,8,10-11H2,1H3. The molecule has 2 heterocycles. The number of aromatic nitrogens is 1. The average Bonchev–Trinajstić information content (AvgIpc) is 2.94. The number of nitrogens with one attached hydrogen (secondary N) is 1. The zero-order chi connectivity index (χ0) is 14.2. The van der Waals surface area contributed by atoms with Gasteiger partial charge in [0, 0.05) is 31.4 Å². The van der Waals surface area contributed by atoms with Crippen LogP contribution >= 0.6 is 0 Å². The molecule has 1 aliphatic heterocycles. The number of H-pyrrole nitrogens is 1. The van der Waals surface area contributed by atoms with Crippen molar-refractivity contribution in [2.45, 2.75) is 31.2 Å². The van der Waals surface area contributed by atoms with E-state index in [1.54, 1.807) is 16.4 Å². The second kappa shape index (κ2) is 5.07. The Labute approximate surface area is 119 Å². The average molecular weight is 290 g/mol. The molecule has 0 bridgehead atoms. The summed E-state index contributed by atoms with van der Waals surface area (Å²) in [6, 6.07) is 9.15.